The standard InChI is InChI=1S/C32H39F2N3O7/c1-8-42-28(39)23-17-36(19-12-13-19)26-21(25(34)24(33)15-22(26)27(23)38)11-9-10-20-14-18(35-29(40)43-31(2,3)4)16-37(20)30(41)44-32(5,6)7/h15,17-20H,8,10,12-14,16H2,1-7H3,(H,35,40)/t18-,20+/m1/s1. The summed E-state index contributed by atoms with van der Waals surface area (Å²) in [5.41, 5.74) is -2.75. The number of carbonyl (C=O) groups excluding carboxylic acids is 3. The van der Waals surface area contributed by atoms with Crippen LogP contribution in [0.25, 0.3) is 10.9 Å². The third-order valence-corrected chi connectivity index (χ3v) is 6.96. The number of hydrogen-bond donors (Lipinski definition) is 1. The minimum Gasteiger partial charge on any atom is -0.462 e. The fourth-order valence-corrected chi connectivity index (χ4v) is 5.06. The van der Waals surface area contributed by atoms with E-state index >= 15 is 4.39 Å². The number of ether oxygens (including phenoxy) is 3. The van der Waals surface area contributed by atoms with Crippen molar-refractivity contribution in [3.63, 3.8) is 0 Å². The molecule has 1 aromatic carbocycles. The van der Waals surface area contributed by atoms with Crippen molar-refractivity contribution in [1.82, 2.24) is 14.8 Å². The Kier molecular flexibility index (Phi) is 9.28. The van der Waals surface area contributed by atoms with Gasteiger partial charge in [-0.1, -0.05) is 11.8 Å². The second-order valence-corrected chi connectivity index (χ2v) is 13.0. The minimum atomic E-state index is -1.28. The van der Waals surface area contributed by atoms with Crippen LogP contribution in [-0.4, -0.2) is 64.1 Å². The molecule has 238 valence electrons. The lowest BCUT2D eigenvalue weighted by atomic mass is 10.0. The van der Waals surface area contributed by atoms with E-state index in [0.29, 0.717) is 6.42 Å². The van der Waals surface area contributed by atoms with E-state index in [-0.39, 0.29) is 47.6 Å². The molecule has 0 unspecified atom stereocenters. The van der Waals surface area contributed by atoms with Crippen molar-refractivity contribution in [2.24, 2.45) is 0 Å². The molecule has 2 amide bonds. The maximum absolute atomic E-state index is 15.3. The Hall–Kier alpha value is -4.14. The molecule has 1 aliphatic carbocycles. The lowest BCUT2D eigenvalue weighted by Crippen LogP contribution is -2.43. The number of alkyl carbamates (subject to hydrolysis) is 1. The fourth-order valence-electron chi connectivity index (χ4n) is 5.06. The average Bonchev–Trinajstić information content (AvgIpc) is 3.65. The van der Waals surface area contributed by atoms with E-state index in [2.05, 4.69) is 17.2 Å². The summed E-state index contributed by atoms with van der Waals surface area (Å²) in [6.45, 7) is 12.2. The summed E-state index contributed by atoms with van der Waals surface area (Å²) < 4.78 is 47.7. The highest BCUT2D eigenvalue weighted by molar-refractivity contribution is 5.95. The third-order valence-electron chi connectivity index (χ3n) is 6.96. The molecule has 2 fully saturated rings. The first kappa shape index (κ1) is 32.8. The zero-order valence-corrected chi connectivity index (χ0v) is 26.1. The average molecular weight is 616 g/mol. The number of amides is 2. The third kappa shape index (κ3) is 7.68. The van der Waals surface area contributed by atoms with Gasteiger partial charge in [0.1, 0.15) is 16.8 Å². The van der Waals surface area contributed by atoms with Crippen molar-refractivity contribution in [1.29, 1.82) is 0 Å². The first-order valence-electron chi connectivity index (χ1n) is 14.7. The number of esters is 1. The van der Waals surface area contributed by atoms with Gasteiger partial charge in [-0.25, -0.2) is 23.2 Å². The number of rotatable bonds is 5. The number of halogens is 2. The van der Waals surface area contributed by atoms with Crippen LogP contribution in [0.5, 0.6) is 0 Å². The second-order valence-electron chi connectivity index (χ2n) is 13.0. The molecule has 2 aliphatic rings. The molecule has 1 aliphatic heterocycles. The lowest BCUT2D eigenvalue weighted by Gasteiger charge is -2.27. The van der Waals surface area contributed by atoms with Gasteiger partial charge < -0.3 is 29.0 Å². The van der Waals surface area contributed by atoms with Gasteiger partial charge in [-0.2, -0.15) is 0 Å². The molecular weight excluding hydrogens is 576 g/mol. The normalized spacial score (nSPS) is 18.4. The molecule has 0 bridgehead atoms. The van der Waals surface area contributed by atoms with Gasteiger partial charge in [-0.15, -0.1) is 0 Å². The van der Waals surface area contributed by atoms with Crippen LogP contribution in [0.1, 0.15) is 96.1 Å². The van der Waals surface area contributed by atoms with Crippen LogP contribution in [-0.2, 0) is 14.2 Å². The highest BCUT2D eigenvalue weighted by atomic mass is 19.2. The van der Waals surface area contributed by atoms with Gasteiger partial charge in [-0.3, -0.25) is 4.79 Å². The maximum Gasteiger partial charge on any atom is 0.410 e. The summed E-state index contributed by atoms with van der Waals surface area (Å²) in [6.07, 6.45) is 1.90. The molecule has 2 heterocycles. The van der Waals surface area contributed by atoms with Crippen molar-refractivity contribution in [2.45, 2.75) is 103 Å². The monoisotopic (exact) mass is 615 g/mol. The van der Waals surface area contributed by atoms with Gasteiger partial charge in [0.15, 0.2) is 11.6 Å². The van der Waals surface area contributed by atoms with Gasteiger partial charge in [0, 0.05) is 31.2 Å². The van der Waals surface area contributed by atoms with Crippen LogP contribution in [0.3, 0.4) is 0 Å². The number of fused-ring (bicyclic) bond motifs is 1. The van der Waals surface area contributed by atoms with Gasteiger partial charge in [0.25, 0.3) is 0 Å². The number of likely N-dealkylation sites (tertiary alicyclic amines) is 1. The predicted molar refractivity (Wildman–Crippen MR) is 158 cm³/mol. The van der Waals surface area contributed by atoms with E-state index in [0.717, 1.165) is 18.9 Å². The van der Waals surface area contributed by atoms with E-state index in [1.807, 2.05) is 0 Å². The quantitative estimate of drug-likeness (QED) is 0.271. The van der Waals surface area contributed by atoms with E-state index in [1.54, 1.807) is 53.0 Å². The van der Waals surface area contributed by atoms with E-state index in [1.165, 1.54) is 11.1 Å². The van der Waals surface area contributed by atoms with Gasteiger partial charge in [0.2, 0.25) is 5.43 Å². The SMILES string of the molecule is CCOC(=O)c1cn(C2CC2)c2c(C#CC[C@H]3C[C@@H](NC(=O)OC(C)(C)C)CN3C(=O)OC(C)(C)C)c(F)c(F)cc2c1=O. The molecule has 0 radical (unpaired) electrons. The van der Waals surface area contributed by atoms with Crippen LogP contribution in [0.2, 0.25) is 0 Å². The van der Waals surface area contributed by atoms with Crippen LogP contribution in [0, 0.1) is 23.5 Å². The summed E-state index contributed by atoms with van der Waals surface area (Å²) in [7, 11) is 0. The number of pyridine rings is 1. The Labute approximate surface area is 255 Å². The molecule has 10 nitrogen and oxygen atoms in total. The summed E-state index contributed by atoms with van der Waals surface area (Å²) in [5, 5.41) is 2.60. The Bertz CT molecular complexity index is 1590. The topological polar surface area (TPSA) is 116 Å². The molecule has 0 spiro atoms. The van der Waals surface area contributed by atoms with Crippen molar-refractivity contribution < 1.29 is 37.4 Å². The highest BCUT2D eigenvalue weighted by Crippen LogP contribution is 2.38. The van der Waals surface area contributed by atoms with Crippen LogP contribution >= 0.6 is 0 Å². The molecule has 1 N–H and O–H groups in total. The van der Waals surface area contributed by atoms with Crippen molar-refractivity contribution in [3.05, 3.63) is 45.2 Å². The molecule has 1 saturated carbocycles. The Morgan fingerprint density at radius 2 is 1.73 bits per heavy atom. The lowest BCUT2D eigenvalue weighted by molar-refractivity contribution is 0.0221. The largest absolute Gasteiger partial charge is 0.462 e. The Morgan fingerprint density at radius 1 is 1.07 bits per heavy atom. The van der Waals surface area contributed by atoms with Crippen LogP contribution in [0.15, 0.2) is 17.1 Å². The van der Waals surface area contributed by atoms with Gasteiger partial charge in [-0.05, 0) is 73.8 Å². The number of aromatic nitrogens is 1. The summed E-state index contributed by atoms with van der Waals surface area (Å²) in [5.74, 6) is 2.24. The Balaban J connectivity index is 1.69. The summed E-state index contributed by atoms with van der Waals surface area (Å²) in [4.78, 5) is 52.6. The maximum atomic E-state index is 15.3. The van der Waals surface area contributed by atoms with Crippen molar-refractivity contribution in [3.8, 4) is 11.8 Å². The molecule has 4 rings (SSSR count). The molecule has 2 aromatic rings. The zero-order chi connectivity index (χ0) is 32.6. The molecule has 12 heteroatoms. The van der Waals surface area contributed by atoms with E-state index < -0.39 is 58.5 Å². The van der Waals surface area contributed by atoms with Crippen molar-refractivity contribution in [2.75, 3.05) is 13.2 Å². The smallest absolute Gasteiger partial charge is 0.410 e. The number of carbonyl (C=O) groups is 3. The van der Waals surface area contributed by atoms with Crippen LogP contribution in [0.4, 0.5) is 18.4 Å². The first-order chi connectivity index (χ1) is 20.5. The molecular formula is C32H39F2N3O7. The summed E-state index contributed by atoms with van der Waals surface area (Å²) >= 11 is 0. The Morgan fingerprint density at radius 3 is 2.32 bits per heavy atom. The minimum absolute atomic E-state index is 0.0394. The van der Waals surface area contributed by atoms with Gasteiger partial charge >= 0.3 is 18.2 Å². The molecule has 1 saturated heterocycles. The molecule has 2 atom stereocenters. The number of benzene rings is 1. The highest BCUT2D eigenvalue weighted by Gasteiger charge is 2.38. The number of hydrogen-bond acceptors (Lipinski definition) is 7. The summed E-state index contributed by atoms with van der Waals surface area (Å²) in [6, 6.07) is -0.319. The van der Waals surface area contributed by atoms with Crippen molar-refractivity contribution >= 4 is 29.1 Å². The zero-order valence-electron chi connectivity index (χ0n) is 26.1. The number of nitrogens with zero attached hydrogens (tertiary/aromatic N) is 2. The fraction of sp³-hybridized carbons (Fsp3) is 0.562. The van der Waals surface area contributed by atoms with E-state index in [4.69, 9.17) is 14.2 Å². The second kappa shape index (κ2) is 12.5. The van der Waals surface area contributed by atoms with Crippen LogP contribution < -0.4 is 10.7 Å². The molecule has 44 heavy (non-hydrogen) atoms. The van der Waals surface area contributed by atoms with Gasteiger partial charge in [0.05, 0.1) is 29.1 Å². The number of nitrogens with one attached hydrogen (secondary N) is 1. The van der Waals surface area contributed by atoms with E-state index in [9.17, 15) is 23.6 Å². The molecule has 1 aromatic heterocycles. The first-order valence-corrected chi connectivity index (χ1v) is 14.7. The predicted octanol–water partition coefficient (Wildman–Crippen LogP) is 5.44.